The van der Waals surface area contributed by atoms with Crippen molar-refractivity contribution in [2.24, 2.45) is 5.92 Å². The third kappa shape index (κ3) is 2.88. The molecule has 0 aliphatic rings. The lowest BCUT2D eigenvalue weighted by molar-refractivity contribution is 0.364. The van der Waals surface area contributed by atoms with Gasteiger partial charge >= 0.3 is 0 Å². The van der Waals surface area contributed by atoms with Gasteiger partial charge in [-0.25, -0.2) is 0 Å². The molecule has 0 fully saturated rings. The topological polar surface area (TPSA) is 52.0 Å². The molecule has 0 amide bonds. The number of nitrogens with two attached hydrogens (primary N) is 1. The normalized spacial score (nSPS) is 12.6. The van der Waals surface area contributed by atoms with E-state index in [0.717, 1.165) is 24.2 Å². The van der Waals surface area contributed by atoms with Gasteiger partial charge in [0.2, 0.25) is 0 Å². The Balaban J connectivity index is 2.53. The molecule has 2 N–H and O–H groups in total. The van der Waals surface area contributed by atoms with Gasteiger partial charge in [0.05, 0.1) is 15.6 Å². The fraction of sp³-hybridized carbons (Fsp3) is 0.357. The molecule has 102 valence electrons. The van der Waals surface area contributed by atoms with Crippen LogP contribution in [0.4, 0.5) is 5.82 Å². The van der Waals surface area contributed by atoms with Crippen molar-refractivity contribution < 1.29 is 4.52 Å². The van der Waals surface area contributed by atoms with Crippen molar-refractivity contribution >= 4 is 29.0 Å². The highest BCUT2D eigenvalue weighted by Gasteiger charge is 2.21. The summed E-state index contributed by atoms with van der Waals surface area (Å²) in [5.41, 5.74) is 7.32. The van der Waals surface area contributed by atoms with Crippen LogP contribution >= 0.6 is 23.2 Å². The number of nitrogens with zero attached hydrogens (tertiary/aromatic N) is 1. The molecule has 0 aliphatic heterocycles. The van der Waals surface area contributed by atoms with Crippen LogP contribution in [-0.4, -0.2) is 5.16 Å². The monoisotopic (exact) mass is 298 g/mol. The Morgan fingerprint density at radius 1 is 1.26 bits per heavy atom. The van der Waals surface area contributed by atoms with E-state index in [1.807, 2.05) is 0 Å². The molecule has 1 atom stereocenters. The first-order valence-corrected chi connectivity index (χ1v) is 6.98. The highest BCUT2D eigenvalue weighted by molar-refractivity contribution is 6.39. The third-order valence-electron chi connectivity index (χ3n) is 3.23. The van der Waals surface area contributed by atoms with Crippen LogP contribution in [0.25, 0.3) is 11.1 Å². The van der Waals surface area contributed by atoms with Gasteiger partial charge in [-0.1, -0.05) is 54.7 Å². The van der Waals surface area contributed by atoms with E-state index in [2.05, 4.69) is 19.0 Å². The van der Waals surface area contributed by atoms with Gasteiger partial charge in [0.25, 0.3) is 0 Å². The van der Waals surface area contributed by atoms with Gasteiger partial charge in [0.1, 0.15) is 5.76 Å². The van der Waals surface area contributed by atoms with E-state index in [1.165, 1.54) is 0 Å². The SMILES string of the molecule is CCC(C)Cc1onc(N)c1-c1c(Cl)cccc1Cl. The Morgan fingerprint density at radius 2 is 1.89 bits per heavy atom. The zero-order valence-electron chi connectivity index (χ0n) is 10.9. The zero-order chi connectivity index (χ0) is 14.0. The maximum atomic E-state index is 6.23. The molecule has 0 radical (unpaired) electrons. The molecule has 1 heterocycles. The van der Waals surface area contributed by atoms with Crippen LogP contribution in [0.2, 0.25) is 10.0 Å². The summed E-state index contributed by atoms with van der Waals surface area (Å²) >= 11 is 12.5. The average Bonchev–Trinajstić information content (AvgIpc) is 2.71. The summed E-state index contributed by atoms with van der Waals surface area (Å²) in [7, 11) is 0. The average molecular weight is 299 g/mol. The van der Waals surface area contributed by atoms with Gasteiger partial charge in [0, 0.05) is 12.0 Å². The smallest absolute Gasteiger partial charge is 0.175 e. The minimum absolute atomic E-state index is 0.327. The molecule has 2 rings (SSSR count). The van der Waals surface area contributed by atoms with Crippen molar-refractivity contribution in [1.29, 1.82) is 0 Å². The van der Waals surface area contributed by atoms with Gasteiger partial charge in [-0.05, 0) is 18.1 Å². The van der Waals surface area contributed by atoms with Gasteiger partial charge in [-0.2, -0.15) is 0 Å². The minimum atomic E-state index is 0.327. The van der Waals surface area contributed by atoms with Crippen molar-refractivity contribution in [1.82, 2.24) is 5.16 Å². The number of halogens is 2. The summed E-state index contributed by atoms with van der Waals surface area (Å²) in [6.45, 7) is 4.28. The van der Waals surface area contributed by atoms with Crippen LogP contribution in [0, 0.1) is 5.92 Å². The molecular formula is C14H16Cl2N2O. The van der Waals surface area contributed by atoms with E-state index in [4.69, 9.17) is 33.5 Å². The number of benzene rings is 1. The minimum Gasteiger partial charge on any atom is -0.380 e. The van der Waals surface area contributed by atoms with Crippen molar-refractivity contribution in [3.05, 3.63) is 34.0 Å². The maximum Gasteiger partial charge on any atom is 0.175 e. The first kappa shape index (κ1) is 14.2. The molecule has 19 heavy (non-hydrogen) atoms. The van der Waals surface area contributed by atoms with Gasteiger partial charge in [-0.15, -0.1) is 0 Å². The molecule has 1 aromatic heterocycles. The summed E-state index contributed by atoms with van der Waals surface area (Å²) in [6.07, 6.45) is 1.81. The third-order valence-corrected chi connectivity index (χ3v) is 3.86. The predicted molar refractivity (Wildman–Crippen MR) is 79.5 cm³/mol. The van der Waals surface area contributed by atoms with E-state index in [0.29, 0.717) is 27.3 Å². The Bertz CT molecular complexity index is 561. The fourth-order valence-electron chi connectivity index (χ4n) is 1.94. The summed E-state index contributed by atoms with van der Waals surface area (Å²) in [6, 6.07) is 5.36. The number of hydrogen-bond donors (Lipinski definition) is 1. The van der Waals surface area contributed by atoms with Crippen LogP contribution < -0.4 is 5.73 Å². The first-order chi connectivity index (χ1) is 9.04. The Morgan fingerprint density at radius 3 is 2.47 bits per heavy atom. The van der Waals surface area contributed by atoms with Crippen LogP contribution in [0.1, 0.15) is 26.0 Å². The first-order valence-electron chi connectivity index (χ1n) is 6.23. The lowest BCUT2D eigenvalue weighted by atomic mass is 9.97. The Hall–Kier alpha value is -1.19. The Kier molecular flexibility index (Phi) is 4.38. The van der Waals surface area contributed by atoms with Gasteiger partial charge in [0.15, 0.2) is 5.82 Å². The molecule has 0 aliphatic carbocycles. The number of rotatable bonds is 4. The zero-order valence-corrected chi connectivity index (χ0v) is 12.4. The van der Waals surface area contributed by atoms with Crippen molar-refractivity contribution in [3.63, 3.8) is 0 Å². The number of hydrogen-bond acceptors (Lipinski definition) is 3. The molecule has 2 aromatic rings. The molecule has 0 saturated carbocycles. The highest BCUT2D eigenvalue weighted by Crippen LogP contribution is 2.40. The second-order valence-electron chi connectivity index (χ2n) is 4.68. The quantitative estimate of drug-likeness (QED) is 0.880. The molecular weight excluding hydrogens is 283 g/mol. The fourth-order valence-corrected chi connectivity index (χ4v) is 2.53. The lowest BCUT2D eigenvalue weighted by Gasteiger charge is -2.09. The largest absolute Gasteiger partial charge is 0.380 e. The van der Waals surface area contributed by atoms with E-state index in [-0.39, 0.29) is 0 Å². The van der Waals surface area contributed by atoms with Crippen LogP contribution in [0.15, 0.2) is 22.7 Å². The molecule has 0 spiro atoms. The molecule has 0 saturated heterocycles. The predicted octanol–water partition coefficient (Wildman–Crippen LogP) is 4.82. The lowest BCUT2D eigenvalue weighted by Crippen LogP contribution is -1.99. The molecule has 1 aromatic carbocycles. The Labute approximate surface area is 122 Å². The van der Waals surface area contributed by atoms with Crippen LogP contribution in [-0.2, 0) is 6.42 Å². The highest BCUT2D eigenvalue weighted by atomic mass is 35.5. The second-order valence-corrected chi connectivity index (χ2v) is 5.49. The summed E-state index contributed by atoms with van der Waals surface area (Å²) < 4.78 is 5.34. The van der Waals surface area contributed by atoms with Crippen molar-refractivity contribution in [2.45, 2.75) is 26.7 Å². The standard InChI is InChI=1S/C14H16Cl2N2O/c1-3-8(2)7-11-13(14(17)18-19-11)12-9(15)5-4-6-10(12)16/h4-6,8H,3,7H2,1-2H3,(H2,17,18). The summed E-state index contributed by atoms with van der Waals surface area (Å²) in [5, 5.41) is 4.95. The van der Waals surface area contributed by atoms with E-state index in [1.54, 1.807) is 18.2 Å². The number of anilines is 1. The van der Waals surface area contributed by atoms with Gasteiger partial charge in [-0.3, -0.25) is 0 Å². The van der Waals surface area contributed by atoms with Crippen LogP contribution in [0.3, 0.4) is 0 Å². The summed E-state index contributed by atoms with van der Waals surface area (Å²) in [5.74, 6) is 1.54. The van der Waals surface area contributed by atoms with Crippen LogP contribution in [0.5, 0.6) is 0 Å². The molecule has 3 nitrogen and oxygen atoms in total. The number of aromatic nitrogens is 1. The maximum absolute atomic E-state index is 6.23. The second kappa shape index (κ2) is 5.85. The molecule has 0 bridgehead atoms. The molecule has 5 heteroatoms. The molecule has 1 unspecified atom stereocenters. The van der Waals surface area contributed by atoms with Crippen molar-refractivity contribution in [2.75, 3.05) is 5.73 Å². The van der Waals surface area contributed by atoms with E-state index < -0.39 is 0 Å². The number of nitrogen functional groups attached to an aromatic ring is 1. The van der Waals surface area contributed by atoms with E-state index in [9.17, 15) is 0 Å². The van der Waals surface area contributed by atoms with E-state index >= 15 is 0 Å². The van der Waals surface area contributed by atoms with Gasteiger partial charge < -0.3 is 10.3 Å². The van der Waals surface area contributed by atoms with Crippen molar-refractivity contribution in [3.8, 4) is 11.1 Å². The summed E-state index contributed by atoms with van der Waals surface area (Å²) in [4.78, 5) is 0.